The number of esters is 1. The fourth-order valence-electron chi connectivity index (χ4n) is 3.26. The van der Waals surface area contributed by atoms with Crippen molar-refractivity contribution in [2.75, 3.05) is 13.2 Å². The van der Waals surface area contributed by atoms with Gasteiger partial charge in [-0.15, -0.1) is 0 Å². The van der Waals surface area contributed by atoms with E-state index in [4.69, 9.17) is 4.74 Å². The number of ether oxygens (including phenoxy) is 1. The molecule has 28 heavy (non-hydrogen) atoms. The molecular weight excluding hydrogens is 374 g/mol. The molecule has 2 unspecified atom stereocenters. The Labute approximate surface area is 162 Å². The summed E-state index contributed by atoms with van der Waals surface area (Å²) in [6.45, 7) is 4.97. The van der Waals surface area contributed by atoms with E-state index < -0.39 is 46.0 Å². The number of nitro groups is 1. The van der Waals surface area contributed by atoms with E-state index in [1.54, 1.807) is 20.8 Å². The van der Waals surface area contributed by atoms with Crippen LogP contribution in [0.5, 0.6) is 0 Å². The third-order valence-electron chi connectivity index (χ3n) is 4.84. The summed E-state index contributed by atoms with van der Waals surface area (Å²) in [5.41, 5.74) is -0.333. The van der Waals surface area contributed by atoms with E-state index in [1.165, 1.54) is 6.07 Å². The van der Waals surface area contributed by atoms with E-state index in [0.717, 1.165) is 12.1 Å². The number of rotatable bonds is 6. The van der Waals surface area contributed by atoms with Crippen molar-refractivity contribution in [1.29, 1.82) is 0 Å². The van der Waals surface area contributed by atoms with Gasteiger partial charge in [0.2, 0.25) is 6.04 Å². The highest BCUT2D eigenvalue weighted by molar-refractivity contribution is 5.75. The van der Waals surface area contributed by atoms with Crippen LogP contribution >= 0.6 is 0 Å². The molecule has 4 atom stereocenters. The first kappa shape index (κ1) is 22.2. The molecule has 0 spiro atoms. The number of hydrogen-bond acceptors (Lipinski definition) is 6. The number of aliphatic hydroxyl groups is 1. The molecule has 2 N–H and O–H groups in total. The monoisotopic (exact) mass is 400 g/mol. The topological polar surface area (TPSA) is 102 Å². The maximum absolute atomic E-state index is 13.6. The number of carbonyl (C=O) groups excluding carboxylic acids is 1. The second-order valence-corrected chi connectivity index (χ2v) is 8.21. The van der Waals surface area contributed by atoms with Crippen LogP contribution in [-0.2, 0) is 9.53 Å². The van der Waals surface area contributed by atoms with Crippen LogP contribution < -0.4 is 5.32 Å². The molecule has 0 amide bonds. The van der Waals surface area contributed by atoms with Gasteiger partial charge in [0.15, 0.2) is 11.6 Å². The fourth-order valence-corrected chi connectivity index (χ4v) is 3.26. The second-order valence-electron chi connectivity index (χ2n) is 8.21. The number of nitrogens with zero attached hydrogens (tertiary/aromatic N) is 1. The number of aliphatic hydroxyl groups excluding tert-OH is 1. The van der Waals surface area contributed by atoms with Gasteiger partial charge >= 0.3 is 5.97 Å². The highest BCUT2D eigenvalue weighted by Gasteiger charge is 2.39. The Balaban J connectivity index is 2.03. The number of hydrogen-bond donors (Lipinski definition) is 2. The number of halogens is 2. The molecule has 1 aromatic carbocycles. The van der Waals surface area contributed by atoms with Gasteiger partial charge in [-0.1, -0.05) is 6.07 Å². The smallest absolute Gasteiger partial charge is 0.311 e. The maximum atomic E-state index is 13.6. The first-order valence-corrected chi connectivity index (χ1v) is 9.16. The SMILES string of the molecule is CC(C)(C)C(=O)OCC(O)CC1C[C@@H](c2ccc(F)c(F)c2)[C@H]([N+](=O)[O-])CN1. The molecule has 1 heterocycles. The summed E-state index contributed by atoms with van der Waals surface area (Å²) in [5, 5.41) is 24.6. The Hall–Kier alpha value is -2.13. The van der Waals surface area contributed by atoms with Gasteiger partial charge in [0, 0.05) is 11.0 Å². The number of nitrogens with one attached hydrogen (secondary N) is 1. The molecule has 2 rings (SSSR count). The van der Waals surface area contributed by atoms with Crippen LogP contribution in [0.3, 0.4) is 0 Å². The van der Waals surface area contributed by atoms with Gasteiger partial charge < -0.3 is 15.2 Å². The van der Waals surface area contributed by atoms with Crippen LogP contribution in [0.15, 0.2) is 18.2 Å². The van der Waals surface area contributed by atoms with Crippen LogP contribution in [0, 0.1) is 27.2 Å². The van der Waals surface area contributed by atoms with Crippen molar-refractivity contribution in [2.24, 2.45) is 5.41 Å². The number of piperidine rings is 1. The lowest BCUT2D eigenvalue weighted by atomic mass is 9.81. The van der Waals surface area contributed by atoms with Crippen LogP contribution in [0.1, 0.15) is 45.1 Å². The highest BCUT2D eigenvalue weighted by Crippen LogP contribution is 2.32. The minimum atomic E-state index is -1.05. The van der Waals surface area contributed by atoms with E-state index >= 15 is 0 Å². The summed E-state index contributed by atoms with van der Waals surface area (Å²) in [5.74, 6) is -3.12. The maximum Gasteiger partial charge on any atom is 0.311 e. The molecule has 0 aromatic heterocycles. The van der Waals surface area contributed by atoms with E-state index in [-0.39, 0.29) is 32.0 Å². The molecule has 7 nitrogen and oxygen atoms in total. The van der Waals surface area contributed by atoms with Crippen molar-refractivity contribution in [3.05, 3.63) is 45.5 Å². The molecule has 0 saturated carbocycles. The molecule has 1 fully saturated rings. The molecule has 0 aliphatic carbocycles. The summed E-state index contributed by atoms with van der Waals surface area (Å²) in [6, 6.07) is 2.01. The third-order valence-corrected chi connectivity index (χ3v) is 4.84. The molecule has 1 aromatic rings. The molecule has 0 radical (unpaired) electrons. The average molecular weight is 400 g/mol. The summed E-state index contributed by atoms with van der Waals surface area (Å²) in [4.78, 5) is 22.7. The molecule has 156 valence electrons. The predicted octanol–water partition coefficient (Wildman–Crippen LogP) is 2.40. The minimum Gasteiger partial charge on any atom is -0.463 e. The number of carbonyl (C=O) groups is 1. The van der Waals surface area contributed by atoms with Crippen molar-refractivity contribution < 1.29 is 28.3 Å². The van der Waals surface area contributed by atoms with Gasteiger partial charge in [-0.05, 0) is 51.3 Å². The lowest BCUT2D eigenvalue weighted by molar-refractivity contribution is -0.527. The van der Waals surface area contributed by atoms with E-state index in [9.17, 15) is 28.8 Å². The normalized spacial score (nSPS) is 23.9. The minimum absolute atomic E-state index is 0.0375. The largest absolute Gasteiger partial charge is 0.463 e. The van der Waals surface area contributed by atoms with E-state index in [2.05, 4.69) is 5.32 Å². The zero-order chi connectivity index (χ0) is 21.1. The summed E-state index contributed by atoms with van der Waals surface area (Å²) >= 11 is 0. The average Bonchev–Trinajstić information content (AvgIpc) is 2.60. The quantitative estimate of drug-likeness (QED) is 0.432. The third kappa shape index (κ3) is 5.68. The first-order chi connectivity index (χ1) is 13.0. The fraction of sp³-hybridized carbons (Fsp3) is 0.632. The van der Waals surface area contributed by atoms with Crippen LogP contribution in [0.4, 0.5) is 8.78 Å². The Morgan fingerprint density at radius 1 is 1.39 bits per heavy atom. The van der Waals surface area contributed by atoms with Gasteiger partial charge in [0.05, 0.1) is 24.0 Å². The van der Waals surface area contributed by atoms with Crippen molar-refractivity contribution in [2.45, 2.75) is 57.7 Å². The molecule has 9 heteroatoms. The Bertz CT molecular complexity index is 723. The van der Waals surface area contributed by atoms with Crippen molar-refractivity contribution in [3.63, 3.8) is 0 Å². The summed E-state index contributed by atoms with van der Waals surface area (Å²) in [6.07, 6.45) is -0.468. The number of benzene rings is 1. The predicted molar refractivity (Wildman–Crippen MR) is 97.3 cm³/mol. The standard InChI is InChI=1S/C19H26F2N2O5/c1-19(2,3)18(25)28-10-13(24)7-12-8-14(17(9-22-12)23(26)27)11-4-5-15(20)16(21)6-11/h4-6,12-14,17,22,24H,7-10H2,1-3H3/t12?,13?,14-,17+/m0/s1. The molecule has 0 bridgehead atoms. The lowest BCUT2D eigenvalue weighted by Crippen LogP contribution is -2.50. The molecule has 1 aliphatic heterocycles. The van der Waals surface area contributed by atoms with Gasteiger partial charge in [0.1, 0.15) is 6.61 Å². The summed E-state index contributed by atoms with van der Waals surface area (Å²) in [7, 11) is 0. The Morgan fingerprint density at radius 3 is 2.64 bits per heavy atom. The zero-order valence-corrected chi connectivity index (χ0v) is 16.2. The molecule has 1 saturated heterocycles. The van der Waals surface area contributed by atoms with Crippen molar-refractivity contribution in [3.8, 4) is 0 Å². The Morgan fingerprint density at radius 2 is 2.07 bits per heavy atom. The highest BCUT2D eigenvalue weighted by atomic mass is 19.2. The Kier molecular flexibility index (Phi) is 7.06. The van der Waals surface area contributed by atoms with Crippen molar-refractivity contribution >= 4 is 5.97 Å². The van der Waals surface area contributed by atoms with Gasteiger partial charge in [-0.2, -0.15) is 0 Å². The first-order valence-electron chi connectivity index (χ1n) is 9.16. The van der Waals surface area contributed by atoms with Gasteiger partial charge in [-0.3, -0.25) is 14.9 Å². The van der Waals surface area contributed by atoms with Crippen molar-refractivity contribution in [1.82, 2.24) is 5.32 Å². The molecule has 1 aliphatic rings. The van der Waals surface area contributed by atoms with Crippen LogP contribution in [0.2, 0.25) is 0 Å². The molecular formula is C19H26F2N2O5. The van der Waals surface area contributed by atoms with E-state index in [1.807, 2.05) is 0 Å². The zero-order valence-electron chi connectivity index (χ0n) is 16.2. The van der Waals surface area contributed by atoms with Crippen LogP contribution in [0.25, 0.3) is 0 Å². The summed E-state index contributed by atoms with van der Waals surface area (Å²) < 4.78 is 31.9. The van der Waals surface area contributed by atoms with E-state index in [0.29, 0.717) is 5.56 Å². The van der Waals surface area contributed by atoms with Crippen LogP contribution in [-0.4, -0.2) is 47.3 Å². The second kappa shape index (κ2) is 8.91. The van der Waals surface area contributed by atoms with Gasteiger partial charge in [0.25, 0.3) is 0 Å². The lowest BCUT2D eigenvalue weighted by Gasteiger charge is -2.33. The van der Waals surface area contributed by atoms with Gasteiger partial charge in [-0.25, -0.2) is 8.78 Å².